The molecule has 0 fully saturated rings. The van der Waals surface area contributed by atoms with Crippen molar-refractivity contribution in [3.05, 3.63) is 81.8 Å². The number of nitrogens with zero attached hydrogens (tertiary/aromatic N) is 1. The number of aromatic amines is 1. The highest BCUT2D eigenvalue weighted by atomic mass is 16.5. The van der Waals surface area contributed by atoms with Crippen LogP contribution in [-0.4, -0.2) is 41.2 Å². The fourth-order valence-corrected chi connectivity index (χ4v) is 2.66. The average Bonchev–Trinajstić information content (AvgIpc) is 3.14. The molecule has 9 heteroatoms. The maximum absolute atomic E-state index is 12.5. The molecule has 3 rings (SSSR count). The maximum Gasteiger partial charge on any atom is 0.325 e. The second-order valence-electron chi connectivity index (χ2n) is 6.47. The number of carbonyl (C=O) groups excluding carboxylic acids is 3. The highest BCUT2D eigenvalue weighted by Gasteiger charge is 2.14. The van der Waals surface area contributed by atoms with Crippen LogP contribution < -0.4 is 16.2 Å². The van der Waals surface area contributed by atoms with E-state index < -0.39 is 17.8 Å². The number of anilines is 1. The van der Waals surface area contributed by atoms with Gasteiger partial charge in [0.25, 0.3) is 17.4 Å². The Morgan fingerprint density at radius 1 is 1.03 bits per heavy atom. The molecule has 9 nitrogen and oxygen atoms in total. The SMILES string of the molecule is COC(=O)CNC(=O)c1cccc(NC(=O)c2cc(=O)n(-c3ccc(C)cc3)[nH]2)c1. The summed E-state index contributed by atoms with van der Waals surface area (Å²) in [5.41, 5.74) is 1.96. The summed E-state index contributed by atoms with van der Waals surface area (Å²) in [6.45, 7) is 1.67. The van der Waals surface area contributed by atoms with Gasteiger partial charge in [-0.15, -0.1) is 0 Å². The van der Waals surface area contributed by atoms with E-state index in [0.717, 1.165) is 5.56 Å². The Kier molecular flexibility index (Phi) is 6.11. The predicted octanol–water partition coefficient (Wildman–Crippen LogP) is 1.63. The van der Waals surface area contributed by atoms with E-state index in [2.05, 4.69) is 20.5 Å². The van der Waals surface area contributed by atoms with Gasteiger partial charge in [-0.05, 0) is 37.3 Å². The first kappa shape index (κ1) is 20.6. The molecule has 2 aromatic carbocycles. The van der Waals surface area contributed by atoms with Crippen molar-refractivity contribution in [1.82, 2.24) is 15.1 Å². The number of amides is 2. The number of nitrogens with one attached hydrogen (secondary N) is 3. The van der Waals surface area contributed by atoms with Gasteiger partial charge in [-0.1, -0.05) is 23.8 Å². The van der Waals surface area contributed by atoms with Crippen LogP contribution in [-0.2, 0) is 9.53 Å². The molecule has 0 aliphatic heterocycles. The molecule has 30 heavy (non-hydrogen) atoms. The Balaban J connectivity index is 1.73. The van der Waals surface area contributed by atoms with Crippen molar-refractivity contribution in [2.45, 2.75) is 6.92 Å². The van der Waals surface area contributed by atoms with Crippen molar-refractivity contribution in [2.24, 2.45) is 0 Å². The minimum absolute atomic E-state index is 0.0705. The average molecular weight is 408 g/mol. The lowest BCUT2D eigenvalue weighted by Gasteiger charge is -2.07. The molecule has 0 aliphatic rings. The molecule has 0 bridgehead atoms. The minimum Gasteiger partial charge on any atom is -0.468 e. The van der Waals surface area contributed by atoms with Gasteiger partial charge in [0.05, 0.1) is 12.8 Å². The summed E-state index contributed by atoms with van der Waals surface area (Å²) in [7, 11) is 1.22. The number of H-pyrrole nitrogens is 1. The van der Waals surface area contributed by atoms with Crippen molar-refractivity contribution >= 4 is 23.5 Å². The number of methoxy groups -OCH3 is 1. The van der Waals surface area contributed by atoms with E-state index in [-0.39, 0.29) is 23.4 Å². The number of carbonyl (C=O) groups is 3. The Bertz CT molecular complexity index is 1140. The number of rotatable bonds is 6. The van der Waals surface area contributed by atoms with E-state index in [9.17, 15) is 19.2 Å². The van der Waals surface area contributed by atoms with E-state index in [1.54, 1.807) is 24.3 Å². The van der Waals surface area contributed by atoms with E-state index in [1.165, 1.54) is 30.0 Å². The van der Waals surface area contributed by atoms with E-state index in [4.69, 9.17) is 0 Å². The molecule has 0 saturated heterocycles. The van der Waals surface area contributed by atoms with Crippen LogP contribution in [0.3, 0.4) is 0 Å². The van der Waals surface area contributed by atoms with Crippen LogP contribution in [0.15, 0.2) is 59.4 Å². The van der Waals surface area contributed by atoms with Gasteiger partial charge in [0.1, 0.15) is 12.2 Å². The summed E-state index contributed by atoms with van der Waals surface area (Å²) in [5, 5.41) is 7.83. The lowest BCUT2D eigenvalue weighted by molar-refractivity contribution is -0.139. The van der Waals surface area contributed by atoms with Gasteiger partial charge in [0.15, 0.2) is 0 Å². The fraction of sp³-hybridized carbons (Fsp3) is 0.143. The lowest BCUT2D eigenvalue weighted by atomic mass is 10.2. The molecule has 0 radical (unpaired) electrons. The first-order chi connectivity index (χ1) is 14.4. The van der Waals surface area contributed by atoms with Gasteiger partial charge in [-0.25, -0.2) is 4.68 Å². The molecule has 0 unspecified atom stereocenters. The number of aryl methyl sites for hydroxylation is 1. The topological polar surface area (TPSA) is 122 Å². The fourth-order valence-electron chi connectivity index (χ4n) is 2.66. The van der Waals surface area contributed by atoms with Crippen molar-refractivity contribution in [1.29, 1.82) is 0 Å². The van der Waals surface area contributed by atoms with Crippen LogP contribution in [0.5, 0.6) is 0 Å². The van der Waals surface area contributed by atoms with Crippen LogP contribution in [0.25, 0.3) is 5.69 Å². The van der Waals surface area contributed by atoms with Crippen LogP contribution in [0.1, 0.15) is 26.4 Å². The number of hydrogen-bond donors (Lipinski definition) is 3. The standard InChI is InChI=1S/C21H20N4O5/c1-13-6-8-16(9-7-13)25-18(26)11-17(24-25)21(29)23-15-5-3-4-14(10-15)20(28)22-12-19(27)30-2/h3-11,24H,12H2,1-2H3,(H,22,28)(H,23,29). The highest BCUT2D eigenvalue weighted by molar-refractivity contribution is 6.04. The predicted molar refractivity (Wildman–Crippen MR) is 110 cm³/mol. The number of esters is 1. The lowest BCUT2D eigenvalue weighted by Crippen LogP contribution is -2.30. The molecule has 1 heterocycles. The quantitative estimate of drug-likeness (QED) is 0.535. The highest BCUT2D eigenvalue weighted by Crippen LogP contribution is 2.12. The van der Waals surface area contributed by atoms with Crippen molar-refractivity contribution in [2.75, 3.05) is 19.0 Å². The number of ether oxygens (including phenoxy) is 1. The molecule has 0 atom stereocenters. The molecular weight excluding hydrogens is 388 g/mol. The molecule has 3 N–H and O–H groups in total. The van der Waals surface area contributed by atoms with Gasteiger partial charge >= 0.3 is 5.97 Å². The third kappa shape index (κ3) is 4.82. The molecule has 0 spiro atoms. The summed E-state index contributed by atoms with van der Waals surface area (Å²) in [6, 6.07) is 14.6. The van der Waals surface area contributed by atoms with Crippen LogP contribution in [0.4, 0.5) is 5.69 Å². The summed E-state index contributed by atoms with van der Waals surface area (Å²) in [5.74, 6) is -1.60. The number of hydrogen-bond acceptors (Lipinski definition) is 5. The Hall–Kier alpha value is -4.14. The van der Waals surface area contributed by atoms with Crippen molar-refractivity contribution in [3.8, 4) is 5.69 Å². The molecule has 1 aromatic heterocycles. The van der Waals surface area contributed by atoms with E-state index in [0.29, 0.717) is 11.4 Å². The molecule has 2 amide bonds. The van der Waals surface area contributed by atoms with Gasteiger partial charge < -0.3 is 15.4 Å². The first-order valence-corrected chi connectivity index (χ1v) is 9.03. The number of aromatic nitrogens is 2. The molecule has 154 valence electrons. The van der Waals surface area contributed by atoms with Crippen LogP contribution in [0.2, 0.25) is 0 Å². The second kappa shape index (κ2) is 8.91. The summed E-state index contributed by atoms with van der Waals surface area (Å²) in [4.78, 5) is 48.0. The van der Waals surface area contributed by atoms with E-state index >= 15 is 0 Å². The van der Waals surface area contributed by atoms with Gasteiger partial charge in [-0.2, -0.15) is 0 Å². The van der Waals surface area contributed by atoms with Crippen molar-refractivity contribution in [3.63, 3.8) is 0 Å². The van der Waals surface area contributed by atoms with Crippen molar-refractivity contribution < 1.29 is 19.1 Å². The van der Waals surface area contributed by atoms with E-state index in [1.807, 2.05) is 19.1 Å². The zero-order valence-electron chi connectivity index (χ0n) is 16.4. The molecular formula is C21H20N4O5. The minimum atomic E-state index is -0.574. The third-order valence-corrected chi connectivity index (χ3v) is 4.26. The van der Waals surface area contributed by atoms with Gasteiger partial charge in [-0.3, -0.25) is 24.3 Å². The Morgan fingerprint density at radius 2 is 1.77 bits per heavy atom. The third-order valence-electron chi connectivity index (χ3n) is 4.26. The number of benzene rings is 2. The molecule has 0 saturated carbocycles. The largest absolute Gasteiger partial charge is 0.468 e. The summed E-state index contributed by atoms with van der Waals surface area (Å²) in [6.07, 6.45) is 0. The second-order valence-corrected chi connectivity index (χ2v) is 6.47. The smallest absolute Gasteiger partial charge is 0.325 e. The zero-order chi connectivity index (χ0) is 21.7. The van der Waals surface area contributed by atoms with Gasteiger partial charge in [0, 0.05) is 17.3 Å². The van der Waals surface area contributed by atoms with Crippen LogP contribution in [0, 0.1) is 6.92 Å². The summed E-state index contributed by atoms with van der Waals surface area (Å²) >= 11 is 0. The molecule has 0 aliphatic carbocycles. The van der Waals surface area contributed by atoms with Gasteiger partial charge in [0.2, 0.25) is 0 Å². The Morgan fingerprint density at radius 3 is 2.47 bits per heavy atom. The monoisotopic (exact) mass is 408 g/mol. The zero-order valence-corrected chi connectivity index (χ0v) is 16.4. The first-order valence-electron chi connectivity index (χ1n) is 9.03. The molecule has 3 aromatic rings. The maximum atomic E-state index is 12.5. The summed E-state index contributed by atoms with van der Waals surface area (Å²) < 4.78 is 5.74. The normalized spacial score (nSPS) is 10.3. The Labute approximate surface area is 171 Å². The van der Waals surface area contributed by atoms with Crippen LogP contribution >= 0.6 is 0 Å².